The molecule has 0 aliphatic heterocycles. The average molecular weight is 230 g/mol. The molecule has 1 N–H and O–H groups in total. The van der Waals surface area contributed by atoms with Gasteiger partial charge in [-0.25, -0.2) is 0 Å². The Bertz CT molecular complexity index is 388. The molecule has 1 rings (SSSR count). The van der Waals surface area contributed by atoms with Gasteiger partial charge in [-0.15, -0.1) is 13.2 Å². The van der Waals surface area contributed by atoms with Crippen molar-refractivity contribution < 1.29 is 9.90 Å². The minimum absolute atomic E-state index is 0.319. The molecule has 17 heavy (non-hydrogen) atoms. The predicted molar refractivity (Wildman–Crippen MR) is 70.3 cm³/mol. The monoisotopic (exact) mass is 230 g/mol. The zero-order chi connectivity index (χ0) is 12.7. The average Bonchev–Trinajstić information content (AvgIpc) is 2.32. The highest BCUT2D eigenvalue weighted by molar-refractivity contribution is 5.51. The van der Waals surface area contributed by atoms with Crippen LogP contribution < -0.4 is 0 Å². The van der Waals surface area contributed by atoms with Gasteiger partial charge in [-0.2, -0.15) is 0 Å². The highest BCUT2D eigenvalue weighted by atomic mass is 16.3. The number of phenols is 1. The number of allylic oxidation sites excluding steroid dienone is 2. The smallest absolute Gasteiger partial charge is 0.122 e. The van der Waals surface area contributed by atoms with E-state index >= 15 is 0 Å². The maximum absolute atomic E-state index is 10.4. The first-order valence-electron chi connectivity index (χ1n) is 5.72. The van der Waals surface area contributed by atoms with Crippen LogP contribution in [0.4, 0.5) is 0 Å². The predicted octanol–water partition coefficient (Wildman–Crippen LogP) is 2.98. The van der Waals surface area contributed by atoms with E-state index in [0.717, 1.165) is 23.0 Å². The lowest BCUT2D eigenvalue weighted by atomic mass is 9.97. The van der Waals surface area contributed by atoms with Crippen LogP contribution in [-0.2, 0) is 24.1 Å². The van der Waals surface area contributed by atoms with E-state index in [0.29, 0.717) is 31.4 Å². The standard InChI is InChI=1S/C15H18O2/c1-3-6-13-10-12(8-5-9-16)11-14(7-4-2)15(13)17/h3-4,9-11,17H,1-2,5-8H2. The second kappa shape index (κ2) is 6.69. The lowest BCUT2D eigenvalue weighted by Crippen LogP contribution is -1.95. The maximum Gasteiger partial charge on any atom is 0.122 e. The molecule has 0 saturated heterocycles. The van der Waals surface area contributed by atoms with E-state index in [1.807, 2.05) is 12.1 Å². The molecule has 0 radical (unpaired) electrons. The van der Waals surface area contributed by atoms with E-state index in [-0.39, 0.29) is 0 Å². The van der Waals surface area contributed by atoms with Crippen molar-refractivity contribution >= 4 is 6.29 Å². The Hall–Kier alpha value is -1.83. The summed E-state index contributed by atoms with van der Waals surface area (Å²) in [6.07, 6.45) is 6.90. The summed E-state index contributed by atoms with van der Waals surface area (Å²) in [7, 11) is 0. The van der Waals surface area contributed by atoms with Gasteiger partial charge in [0.25, 0.3) is 0 Å². The first-order chi connectivity index (χ1) is 8.22. The number of carbonyl (C=O) groups excluding carboxylic acids is 1. The number of rotatable bonds is 7. The van der Waals surface area contributed by atoms with Gasteiger partial charge in [0.05, 0.1) is 0 Å². The second-order valence-electron chi connectivity index (χ2n) is 3.95. The van der Waals surface area contributed by atoms with Crippen LogP contribution in [0, 0.1) is 0 Å². The van der Waals surface area contributed by atoms with Crippen LogP contribution in [0.5, 0.6) is 5.75 Å². The van der Waals surface area contributed by atoms with Gasteiger partial charge in [-0.05, 0) is 36.0 Å². The minimum Gasteiger partial charge on any atom is -0.507 e. The Morgan fingerprint density at radius 1 is 1.12 bits per heavy atom. The molecule has 0 unspecified atom stereocenters. The molecule has 0 saturated carbocycles. The zero-order valence-electron chi connectivity index (χ0n) is 9.98. The van der Waals surface area contributed by atoms with Crippen LogP contribution in [0.25, 0.3) is 0 Å². The number of aromatic hydroxyl groups is 1. The van der Waals surface area contributed by atoms with Crippen LogP contribution in [0.2, 0.25) is 0 Å². The zero-order valence-corrected chi connectivity index (χ0v) is 9.98. The van der Waals surface area contributed by atoms with Crippen molar-refractivity contribution in [3.8, 4) is 5.75 Å². The van der Waals surface area contributed by atoms with Crippen molar-refractivity contribution in [3.05, 3.63) is 54.1 Å². The summed E-state index contributed by atoms with van der Waals surface area (Å²) in [4.78, 5) is 10.4. The summed E-state index contributed by atoms with van der Waals surface area (Å²) in [5.74, 6) is 0.319. The molecule has 0 aliphatic carbocycles. The lowest BCUT2D eigenvalue weighted by molar-refractivity contribution is -0.107. The molecule has 2 heteroatoms. The van der Waals surface area contributed by atoms with Gasteiger partial charge in [-0.1, -0.05) is 24.3 Å². The lowest BCUT2D eigenvalue weighted by Gasteiger charge is -2.10. The van der Waals surface area contributed by atoms with E-state index < -0.39 is 0 Å². The number of aldehydes is 1. The van der Waals surface area contributed by atoms with Crippen LogP contribution in [0.1, 0.15) is 23.1 Å². The van der Waals surface area contributed by atoms with Crippen LogP contribution in [-0.4, -0.2) is 11.4 Å². The van der Waals surface area contributed by atoms with E-state index in [1.165, 1.54) is 0 Å². The third-order valence-electron chi connectivity index (χ3n) is 2.61. The minimum atomic E-state index is 0.319. The Balaban J connectivity index is 3.10. The molecule has 1 aromatic carbocycles. The van der Waals surface area contributed by atoms with Crippen molar-refractivity contribution in [1.82, 2.24) is 0 Å². The Labute approximate surface area is 102 Å². The topological polar surface area (TPSA) is 37.3 Å². The largest absolute Gasteiger partial charge is 0.507 e. The van der Waals surface area contributed by atoms with Gasteiger partial charge >= 0.3 is 0 Å². The van der Waals surface area contributed by atoms with Crippen molar-refractivity contribution in [1.29, 1.82) is 0 Å². The van der Waals surface area contributed by atoms with Crippen LogP contribution in [0.3, 0.4) is 0 Å². The van der Waals surface area contributed by atoms with Gasteiger partial charge in [0.15, 0.2) is 0 Å². The molecule has 0 amide bonds. The fraction of sp³-hybridized carbons (Fsp3) is 0.267. The van der Waals surface area contributed by atoms with Gasteiger partial charge in [0.1, 0.15) is 12.0 Å². The third-order valence-corrected chi connectivity index (χ3v) is 2.61. The van der Waals surface area contributed by atoms with E-state index in [4.69, 9.17) is 0 Å². The number of carbonyl (C=O) groups is 1. The molecule has 90 valence electrons. The summed E-state index contributed by atoms with van der Waals surface area (Å²) in [5, 5.41) is 10.0. The number of benzene rings is 1. The highest BCUT2D eigenvalue weighted by Gasteiger charge is 2.08. The van der Waals surface area contributed by atoms with Crippen molar-refractivity contribution in [2.24, 2.45) is 0 Å². The number of phenolic OH excluding ortho intramolecular Hbond substituents is 1. The van der Waals surface area contributed by atoms with E-state index in [2.05, 4.69) is 13.2 Å². The molecule has 2 nitrogen and oxygen atoms in total. The quantitative estimate of drug-likeness (QED) is 0.577. The van der Waals surface area contributed by atoms with Gasteiger partial charge in [-0.3, -0.25) is 0 Å². The number of aryl methyl sites for hydroxylation is 1. The molecule has 0 atom stereocenters. The maximum atomic E-state index is 10.4. The number of hydrogen-bond donors (Lipinski definition) is 1. The summed E-state index contributed by atoms with van der Waals surface area (Å²) in [5.41, 5.74) is 2.80. The molecule has 0 aliphatic rings. The van der Waals surface area contributed by atoms with Crippen LogP contribution in [0.15, 0.2) is 37.4 Å². The van der Waals surface area contributed by atoms with E-state index in [9.17, 15) is 9.90 Å². The normalized spacial score (nSPS) is 9.88. The Morgan fingerprint density at radius 2 is 1.65 bits per heavy atom. The molecule has 0 spiro atoms. The molecule has 0 heterocycles. The second-order valence-corrected chi connectivity index (χ2v) is 3.95. The molecule has 0 bridgehead atoms. The van der Waals surface area contributed by atoms with E-state index in [1.54, 1.807) is 12.2 Å². The van der Waals surface area contributed by atoms with Crippen molar-refractivity contribution in [2.45, 2.75) is 25.7 Å². The van der Waals surface area contributed by atoms with Gasteiger partial charge in [0.2, 0.25) is 0 Å². The molecule has 0 aromatic heterocycles. The summed E-state index contributed by atoms with van der Waals surface area (Å²) in [6.45, 7) is 7.35. The molecular formula is C15H18O2. The Kier molecular flexibility index (Phi) is 5.21. The molecule has 1 aromatic rings. The van der Waals surface area contributed by atoms with Gasteiger partial charge in [0, 0.05) is 6.42 Å². The fourth-order valence-corrected chi connectivity index (χ4v) is 1.82. The Morgan fingerprint density at radius 3 is 2.06 bits per heavy atom. The number of hydrogen-bond acceptors (Lipinski definition) is 2. The molecule has 0 fully saturated rings. The first kappa shape index (κ1) is 13.2. The summed E-state index contributed by atoms with van der Waals surface area (Å²) < 4.78 is 0. The van der Waals surface area contributed by atoms with Gasteiger partial charge < -0.3 is 9.90 Å². The fourth-order valence-electron chi connectivity index (χ4n) is 1.82. The van der Waals surface area contributed by atoms with Crippen molar-refractivity contribution in [2.75, 3.05) is 0 Å². The summed E-state index contributed by atoms with van der Waals surface area (Å²) >= 11 is 0. The van der Waals surface area contributed by atoms with Crippen molar-refractivity contribution in [3.63, 3.8) is 0 Å². The SMILES string of the molecule is C=CCc1cc(CCC=O)cc(CC=C)c1O. The molecular weight excluding hydrogens is 212 g/mol. The van der Waals surface area contributed by atoms with Crippen LogP contribution >= 0.6 is 0 Å². The first-order valence-corrected chi connectivity index (χ1v) is 5.72. The summed E-state index contributed by atoms with van der Waals surface area (Å²) in [6, 6.07) is 3.88. The third kappa shape index (κ3) is 3.59. The highest BCUT2D eigenvalue weighted by Crippen LogP contribution is 2.26.